The van der Waals surface area contributed by atoms with E-state index in [2.05, 4.69) is 0 Å². The molecule has 2 heterocycles. The van der Waals surface area contributed by atoms with Crippen LogP contribution in [0.25, 0.3) is 0 Å². The van der Waals surface area contributed by atoms with Crippen molar-refractivity contribution < 1.29 is 23.0 Å². The molecule has 110 valence electrons. The zero-order chi connectivity index (χ0) is 14.2. The lowest BCUT2D eigenvalue weighted by atomic mass is 10.0. The molecular formula is C14H17F2NO3. The van der Waals surface area contributed by atoms with Gasteiger partial charge in [0.05, 0.1) is 20.3 Å². The summed E-state index contributed by atoms with van der Waals surface area (Å²) in [5, 5.41) is 0. The van der Waals surface area contributed by atoms with Crippen molar-refractivity contribution in [2.45, 2.75) is 18.6 Å². The fourth-order valence-electron chi connectivity index (χ4n) is 2.82. The largest absolute Gasteiger partial charge is 0.497 e. The molecule has 2 aliphatic rings. The second-order valence-corrected chi connectivity index (χ2v) is 5.03. The molecule has 0 atom stereocenters. The third kappa shape index (κ3) is 2.33. The highest BCUT2D eigenvalue weighted by molar-refractivity contribution is 5.52. The molecule has 0 amide bonds. The van der Waals surface area contributed by atoms with E-state index in [1.807, 2.05) is 0 Å². The van der Waals surface area contributed by atoms with E-state index in [1.165, 1.54) is 19.2 Å². The molecule has 6 heteroatoms. The van der Waals surface area contributed by atoms with Crippen LogP contribution < -0.4 is 9.64 Å². The number of hydrogen-bond donors (Lipinski definition) is 0. The Morgan fingerprint density at radius 2 is 1.65 bits per heavy atom. The number of piperidine rings is 1. The van der Waals surface area contributed by atoms with Crippen molar-refractivity contribution in [1.29, 1.82) is 0 Å². The first kappa shape index (κ1) is 13.6. The smallest absolute Gasteiger partial charge is 0.171 e. The minimum absolute atomic E-state index is 0.00125. The van der Waals surface area contributed by atoms with E-state index in [-0.39, 0.29) is 11.4 Å². The first-order valence-electron chi connectivity index (χ1n) is 6.69. The Kier molecular flexibility index (Phi) is 3.52. The monoisotopic (exact) mass is 285 g/mol. The van der Waals surface area contributed by atoms with Gasteiger partial charge in [-0.05, 0) is 0 Å². The number of benzene rings is 1. The summed E-state index contributed by atoms with van der Waals surface area (Å²) in [4.78, 5) is 1.69. The summed E-state index contributed by atoms with van der Waals surface area (Å²) in [5.74, 6) is -1.58. The minimum Gasteiger partial charge on any atom is -0.497 e. The summed E-state index contributed by atoms with van der Waals surface area (Å²) in [6.07, 6.45) is 1.22. The summed E-state index contributed by atoms with van der Waals surface area (Å²) in [7, 11) is 1.38. The van der Waals surface area contributed by atoms with Crippen molar-refractivity contribution in [1.82, 2.24) is 0 Å². The molecule has 1 aromatic carbocycles. The van der Waals surface area contributed by atoms with Gasteiger partial charge in [-0.2, -0.15) is 0 Å². The van der Waals surface area contributed by atoms with Crippen LogP contribution in [0, 0.1) is 11.6 Å². The van der Waals surface area contributed by atoms with E-state index < -0.39 is 17.4 Å². The predicted octanol–water partition coefficient (Wildman–Crippen LogP) is 2.32. The topological polar surface area (TPSA) is 30.9 Å². The molecular weight excluding hydrogens is 268 g/mol. The van der Waals surface area contributed by atoms with Gasteiger partial charge in [0.2, 0.25) is 0 Å². The zero-order valence-electron chi connectivity index (χ0n) is 11.3. The molecule has 0 N–H and O–H groups in total. The Morgan fingerprint density at radius 3 is 2.15 bits per heavy atom. The third-order valence-corrected chi connectivity index (χ3v) is 3.88. The maximum Gasteiger partial charge on any atom is 0.171 e. The maximum atomic E-state index is 14.0. The number of halogens is 2. The van der Waals surface area contributed by atoms with E-state index in [9.17, 15) is 8.78 Å². The van der Waals surface area contributed by atoms with Crippen molar-refractivity contribution >= 4 is 5.69 Å². The number of hydrogen-bond acceptors (Lipinski definition) is 4. The highest BCUT2D eigenvalue weighted by Gasteiger charge is 2.40. The van der Waals surface area contributed by atoms with Gasteiger partial charge in [-0.3, -0.25) is 0 Å². The predicted molar refractivity (Wildman–Crippen MR) is 69.0 cm³/mol. The van der Waals surface area contributed by atoms with Crippen LogP contribution in [-0.4, -0.2) is 39.2 Å². The van der Waals surface area contributed by atoms with E-state index in [1.54, 1.807) is 4.90 Å². The van der Waals surface area contributed by atoms with Gasteiger partial charge in [0.1, 0.15) is 11.4 Å². The lowest BCUT2D eigenvalue weighted by Crippen LogP contribution is -2.45. The van der Waals surface area contributed by atoms with Gasteiger partial charge in [-0.15, -0.1) is 0 Å². The average molecular weight is 285 g/mol. The fourth-order valence-corrected chi connectivity index (χ4v) is 2.82. The van der Waals surface area contributed by atoms with E-state index in [0.29, 0.717) is 39.1 Å². The molecule has 1 aromatic rings. The summed E-state index contributed by atoms with van der Waals surface area (Å²) in [5.41, 5.74) is -0.00125. The summed E-state index contributed by atoms with van der Waals surface area (Å²) >= 11 is 0. The number of ether oxygens (including phenoxy) is 3. The normalized spacial score (nSPS) is 21.4. The van der Waals surface area contributed by atoms with Crippen LogP contribution in [0.15, 0.2) is 12.1 Å². The highest BCUT2D eigenvalue weighted by Crippen LogP contribution is 2.35. The SMILES string of the molecule is COc1cc(F)c(N2CCC3(CC2)OCCO3)c(F)c1. The number of methoxy groups -OCH3 is 1. The molecule has 0 aliphatic carbocycles. The minimum atomic E-state index is -0.606. The molecule has 4 nitrogen and oxygen atoms in total. The Bertz CT molecular complexity index is 470. The van der Waals surface area contributed by atoms with Crippen molar-refractivity contribution in [3.8, 4) is 5.75 Å². The summed E-state index contributed by atoms with van der Waals surface area (Å²) in [6, 6.07) is 2.40. The molecule has 3 rings (SSSR count). The molecule has 0 bridgehead atoms. The standard InChI is InChI=1S/C14H17F2NO3/c1-18-10-8-11(15)13(12(16)9-10)17-4-2-14(3-5-17)19-6-7-20-14/h8-9H,2-7H2,1H3. The Hall–Kier alpha value is -1.40. The molecule has 0 radical (unpaired) electrons. The lowest BCUT2D eigenvalue weighted by Gasteiger charge is -2.38. The molecule has 0 saturated carbocycles. The number of nitrogens with zero attached hydrogens (tertiary/aromatic N) is 1. The van der Waals surface area contributed by atoms with Gasteiger partial charge < -0.3 is 19.1 Å². The molecule has 2 fully saturated rings. The van der Waals surface area contributed by atoms with E-state index in [4.69, 9.17) is 14.2 Å². The van der Waals surface area contributed by atoms with Crippen LogP contribution in [0.5, 0.6) is 5.75 Å². The molecule has 0 unspecified atom stereocenters. The average Bonchev–Trinajstić information content (AvgIpc) is 2.88. The van der Waals surface area contributed by atoms with Gasteiger partial charge >= 0.3 is 0 Å². The van der Waals surface area contributed by atoms with Crippen molar-refractivity contribution in [3.63, 3.8) is 0 Å². The van der Waals surface area contributed by atoms with Gasteiger partial charge in [0, 0.05) is 38.1 Å². The first-order chi connectivity index (χ1) is 9.63. The molecule has 2 aliphatic heterocycles. The maximum absolute atomic E-state index is 14.0. The van der Waals surface area contributed by atoms with Crippen molar-refractivity contribution in [3.05, 3.63) is 23.8 Å². The van der Waals surface area contributed by atoms with Crippen LogP contribution in [0.2, 0.25) is 0 Å². The Balaban J connectivity index is 1.78. The Labute approximate surface area is 116 Å². The van der Waals surface area contributed by atoms with Gasteiger partial charge in [-0.25, -0.2) is 8.78 Å². The van der Waals surface area contributed by atoms with Crippen LogP contribution >= 0.6 is 0 Å². The fraction of sp³-hybridized carbons (Fsp3) is 0.571. The number of anilines is 1. The van der Waals surface area contributed by atoms with Crippen LogP contribution in [-0.2, 0) is 9.47 Å². The van der Waals surface area contributed by atoms with E-state index >= 15 is 0 Å². The summed E-state index contributed by atoms with van der Waals surface area (Å²) < 4.78 is 44.1. The first-order valence-corrected chi connectivity index (χ1v) is 6.69. The van der Waals surface area contributed by atoms with Gasteiger partial charge in [-0.1, -0.05) is 0 Å². The van der Waals surface area contributed by atoms with Crippen molar-refractivity contribution in [2.75, 3.05) is 38.3 Å². The Morgan fingerprint density at radius 1 is 1.10 bits per heavy atom. The number of rotatable bonds is 2. The van der Waals surface area contributed by atoms with Crippen LogP contribution in [0.1, 0.15) is 12.8 Å². The molecule has 1 spiro atoms. The molecule has 20 heavy (non-hydrogen) atoms. The van der Waals surface area contributed by atoms with Gasteiger partial charge in [0.25, 0.3) is 0 Å². The zero-order valence-corrected chi connectivity index (χ0v) is 11.3. The second-order valence-electron chi connectivity index (χ2n) is 5.03. The summed E-state index contributed by atoms with van der Waals surface area (Å²) in [6.45, 7) is 2.18. The van der Waals surface area contributed by atoms with E-state index in [0.717, 1.165) is 0 Å². The van der Waals surface area contributed by atoms with Crippen LogP contribution in [0.3, 0.4) is 0 Å². The molecule has 0 aromatic heterocycles. The second kappa shape index (κ2) is 5.18. The van der Waals surface area contributed by atoms with Gasteiger partial charge in [0.15, 0.2) is 17.4 Å². The third-order valence-electron chi connectivity index (χ3n) is 3.88. The highest BCUT2D eigenvalue weighted by atomic mass is 19.1. The van der Waals surface area contributed by atoms with Crippen molar-refractivity contribution in [2.24, 2.45) is 0 Å². The van der Waals surface area contributed by atoms with Crippen LogP contribution in [0.4, 0.5) is 14.5 Å². The quantitative estimate of drug-likeness (QED) is 0.834. The molecule has 2 saturated heterocycles. The lowest BCUT2D eigenvalue weighted by molar-refractivity contribution is -0.169.